The van der Waals surface area contributed by atoms with E-state index in [1.165, 1.54) is 16.2 Å². The van der Waals surface area contributed by atoms with E-state index in [9.17, 15) is 14.9 Å². The maximum Gasteiger partial charge on any atom is 0.271 e. The summed E-state index contributed by atoms with van der Waals surface area (Å²) in [6.45, 7) is 0.396. The Morgan fingerprint density at radius 3 is 2.71 bits per heavy atom. The number of nitro groups is 1. The third-order valence-electron chi connectivity index (χ3n) is 2.77. The molecule has 0 N–H and O–H groups in total. The number of rotatable bonds is 4. The number of non-ortho nitro benzene ring substituents is 1. The van der Waals surface area contributed by atoms with E-state index < -0.39 is 10.8 Å². The average Bonchev–Trinajstić information content (AvgIpc) is 2.93. The first-order chi connectivity index (χ1) is 9.90. The van der Waals surface area contributed by atoms with Crippen LogP contribution in [0.1, 0.15) is 15.2 Å². The molecule has 2 aromatic rings. The van der Waals surface area contributed by atoms with Crippen LogP contribution in [0.5, 0.6) is 0 Å². The molecule has 110 valence electrons. The van der Waals surface area contributed by atoms with Crippen LogP contribution in [0.25, 0.3) is 0 Å². The van der Waals surface area contributed by atoms with E-state index in [0.29, 0.717) is 6.54 Å². The summed E-state index contributed by atoms with van der Waals surface area (Å²) in [7, 11) is 1.60. The molecule has 0 unspecified atom stereocenters. The Morgan fingerprint density at radius 2 is 2.14 bits per heavy atom. The van der Waals surface area contributed by atoms with Gasteiger partial charge in [-0.15, -0.1) is 11.3 Å². The number of halogens is 2. The van der Waals surface area contributed by atoms with Crippen LogP contribution in [0.4, 0.5) is 5.69 Å². The Kier molecular flexibility index (Phi) is 4.82. The largest absolute Gasteiger partial charge is 0.337 e. The molecule has 2 rings (SSSR count). The first-order valence-corrected chi connectivity index (χ1v) is 7.45. The molecule has 1 amide bonds. The van der Waals surface area contributed by atoms with E-state index in [2.05, 4.69) is 0 Å². The van der Waals surface area contributed by atoms with E-state index >= 15 is 0 Å². The number of thiophene rings is 1. The van der Waals surface area contributed by atoms with E-state index in [0.717, 1.165) is 17.0 Å². The van der Waals surface area contributed by atoms with Gasteiger partial charge in [-0.2, -0.15) is 0 Å². The number of benzene rings is 1. The van der Waals surface area contributed by atoms with Crippen LogP contribution in [-0.2, 0) is 6.54 Å². The smallest absolute Gasteiger partial charge is 0.271 e. The van der Waals surface area contributed by atoms with Gasteiger partial charge in [0.15, 0.2) is 0 Å². The maximum absolute atomic E-state index is 12.4. The highest BCUT2D eigenvalue weighted by Crippen LogP contribution is 2.31. The fourth-order valence-corrected chi connectivity index (χ4v) is 2.91. The summed E-state index contributed by atoms with van der Waals surface area (Å²) in [6, 6.07) is 6.05. The van der Waals surface area contributed by atoms with E-state index in [4.69, 9.17) is 23.2 Å². The van der Waals surface area contributed by atoms with Crippen LogP contribution in [0.2, 0.25) is 10.0 Å². The van der Waals surface area contributed by atoms with Crippen molar-refractivity contribution in [1.29, 1.82) is 0 Å². The standard InChI is InChI=1S/C13H10Cl2N2O3S/c1-16(7-9-3-2-4-21-9)13(18)10-5-8(17(19)20)6-11(14)12(10)15/h2-6H,7H2,1H3. The van der Waals surface area contributed by atoms with Crippen LogP contribution in [-0.4, -0.2) is 22.8 Å². The van der Waals surface area contributed by atoms with Gasteiger partial charge in [-0.1, -0.05) is 29.3 Å². The van der Waals surface area contributed by atoms with Gasteiger partial charge >= 0.3 is 0 Å². The third-order valence-corrected chi connectivity index (χ3v) is 4.44. The highest BCUT2D eigenvalue weighted by molar-refractivity contribution is 7.09. The minimum Gasteiger partial charge on any atom is -0.337 e. The van der Waals surface area contributed by atoms with Crippen molar-refractivity contribution in [3.05, 3.63) is 60.2 Å². The Labute approximate surface area is 134 Å². The van der Waals surface area contributed by atoms with Crippen molar-refractivity contribution in [3.8, 4) is 0 Å². The third kappa shape index (κ3) is 3.53. The van der Waals surface area contributed by atoms with Crippen molar-refractivity contribution in [3.63, 3.8) is 0 Å². The van der Waals surface area contributed by atoms with Crippen molar-refractivity contribution >= 4 is 46.1 Å². The second kappa shape index (κ2) is 6.43. The number of carbonyl (C=O) groups is 1. The second-order valence-corrected chi connectivity index (χ2v) is 6.10. The fourth-order valence-electron chi connectivity index (χ4n) is 1.75. The zero-order chi connectivity index (χ0) is 15.6. The van der Waals surface area contributed by atoms with Gasteiger partial charge in [0.05, 0.1) is 27.1 Å². The molecule has 0 saturated carbocycles. The summed E-state index contributed by atoms with van der Waals surface area (Å²) < 4.78 is 0. The molecule has 0 saturated heterocycles. The summed E-state index contributed by atoms with van der Waals surface area (Å²) in [4.78, 5) is 25.1. The first-order valence-electron chi connectivity index (χ1n) is 5.81. The number of hydrogen-bond acceptors (Lipinski definition) is 4. The van der Waals surface area contributed by atoms with Gasteiger partial charge in [-0.3, -0.25) is 14.9 Å². The number of carbonyl (C=O) groups excluding carboxylic acids is 1. The molecule has 0 aliphatic rings. The van der Waals surface area contributed by atoms with Crippen LogP contribution in [0, 0.1) is 10.1 Å². The fraction of sp³-hybridized carbons (Fsp3) is 0.154. The quantitative estimate of drug-likeness (QED) is 0.615. The van der Waals surface area contributed by atoms with Crippen LogP contribution < -0.4 is 0 Å². The molecular formula is C13H10Cl2N2O3S. The highest BCUT2D eigenvalue weighted by Gasteiger charge is 2.22. The van der Waals surface area contributed by atoms with Gasteiger partial charge in [-0.25, -0.2) is 0 Å². The topological polar surface area (TPSA) is 63.5 Å². The lowest BCUT2D eigenvalue weighted by molar-refractivity contribution is -0.384. The number of hydrogen-bond donors (Lipinski definition) is 0. The molecule has 0 fully saturated rings. The molecule has 1 heterocycles. The van der Waals surface area contributed by atoms with E-state index in [1.807, 2.05) is 17.5 Å². The maximum atomic E-state index is 12.4. The minimum absolute atomic E-state index is 0.0151. The lowest BCUT2D eigenvalue weighted by atomic mass is 10.1. The van der Waals surface area contributed by atoms with Crippen LogP contribution in [0.15, 0.2) is 29.6 Å². The summed E-state index contributed by atoms with van der Waals surface area (Å²) in [5.74, 6) is -0.418. The molecule has 1 aromatic carbocycles. The normalized spacial score (nSPS) is 10.4. The Balaban J connectivity index is 2.31. The van der Waals surface area contributed by atoms with Gasteiger partial charge in [-0.05, 0) is 11.4 Å². The number of amides is 1. The van der Waals surface area contributed by atoms with Crippen molar-refractivity contribution in [1.82, 2.24) is 4.90 Å². The lowest BCUT2D eigenvalue weighted by Gasteiger charge is -2.17. The van der Waals surface area contributed by atoms with Crippen molar-refractivity contribution in [2.75, 3.05) is 7.05 Å². The monoisotopic (exact) mass is 344 g/mol. The van der Waals surface area contributed by atoms with Gasteiger partial charge in [0.1, 0.15) is 0 Å². The molecule has 1 aromatic heterocycles. The number of nitro benzene ring substituents is 1. The summed E-state index contributed by atoms with van der Waals surface area (Å²) in [6.07, 6.45) is 0. The minimum atomic E-state index is -0.613. The predicted octanol–water partition coefficient (Wildman–Crippen LogP) is 4.24. The second-order valence-electron chi connectivity index (χ2n) is 4.29. The Bertz CT molecular complexity index is 689. The van der Waals surface area contributed by atoms with Gasteiger partial charge in [0.25, 0.3) is 11.6 Å². The first kappa shape index (κ1) is 15.8. The van der Waals surface area contributed by atoms with E-state index in [-0.39, 0.29) is 21.3 Å². The zero-order valence-corrected chi connectivity index (χ0v) is 13.2. The lowest BCUT2D eigenvalue weighted by Crippen LogP contribution is -2.26. The molecule has 0 radical (unpaired) electrons. The summed E-state index contributed by atoms with van der Waals surface area (Å²) >= 11 is 13.4. The Morgan fingerprint density at radius 1 is 1.43 bits per heavy atom. The predicted molar refractivity (Wildman–Crippen MR) is 83.2 cm³/mol. The summed E-state index contributed by atoms with van der Waals surface area (Å²) in [5, 5.41) is 12.8. The molecular weight excluding hydrogens is 335 g/mol. The highest BCUT2D eigenvalue weighted by atomic mass is 35.5. The Hall–Kier alpha value is -1.63. The van der Waals surface area contributed by atoms with Crippen molar-refractivity contribution in [2.45, 2.75) is 6.54 Å². The molecule has 0 bridgehead atoms. The van der Waals surface area contributed by atoms with Gasteiger partial charge in [0.2, 0.25) is 0 Å². The zero-order valence-electron chi connectivity index (χ0n) is 10.9. The van der Waals surface area contributed by atoms with Crippen molar-refractivity contribution < 1.29 is 9.72 Å². The molecule has 8 heteroatoms. The molecule has 5 nitrogen and oxygen atoms in total. The molecule has 0 aliphatic carbocycles. The SMILES string of the molecule is CN(Cc1cccs1)C(=O)c1cc([N+](=O)[O-])cc(Cl)c1Cl. The van der Waals surface area contributed by atoms with Crippen LogP contribution >= 0.6 is 34.5 Å². The van der Waals surface area contributed by atoms with Crippen molar-refractivity contribution in [2.24, 2.45) is 0 Å². The summed E-state index contributed by atoms with van der Waals surface area (Å²) in [5.41, 5.74) is -0.243. The van der Waals surface area contributed by atoms with Gasteiger partial charge in [0, 0.05) is 24.1 Å². The van der Waals surface area contributed by atoms with Gasteiger partial charge < -0.3 is 4.90 Å². The average molecular weight is 345 g/mol. The number of nitrogens with zero attached hydrogens (tertiary/aromatic N) is 2. The molecule has 0 atom stereocenters. The molecule has 0 spiro atoms. The molecule has 21 heavy (non-hydrogen) atoms. The molecule has 0 aliphatic heterocycles. The van der Waals surface area contributed by atoms with Crippen LogP contribution in [0.3, 0.4) is 0 Å². The van der Waals surface area contributed by atoms with E-state index in [1.54, 1.807) is 7.05 Å².